The molecule has 0 saturated carbocycles. The number of hydrogen-bond acceptors (Lipinski definition) is 3. The third-order valence-electron chi connectivity index (χ3n) is 1.93. The fourth-order valence-electron chi connectivity index (χ4n) is 1.22. The number of para-hydroxylation sites is 1. The standard InChI is InChI=1S/C12H9BrO3/c13-16-15-12-8-6-11(7-9-12)14-10-4-2-1-3-5-10/h1-9H. The summed E-state index contributed by atoms with van der Waals surface area (Å²) < 4.78 is 9.96. The average molecular weight is 281 g/mol. The summed E-state index contributed by atoms with van der Waals surface area (Å²) in [6.07, 6.45) is 0. The molecule has 2 aromatic carbocycles. The molecular weight excluding hydrogens is 272 g/mol. The molecule has 16 heavy (non-hydrogen) atoms. The average Bonchev–Trinajstić information content (AvgIpc) is 2.33. The second-order valence-electron chi connectivity index (χ2n) is 3.03. The van der Waals surface area contributed by atoms with E-state index in [0.717, 1.165) is 11.5 Å². The van der Waals surface area contributed by atoms with Crippen molar-refractivity contribution in [2.75, 3.05) is 0 Å². The van der Waals surface area contributed by atoms with E-state index >= 15 is 0 Å². The van der Waals surface area contributed by atoms with Gasteiger partial charge in [0.1, 0.15) is 11.5 Å². The van der Waals surface area contributed by atoms with Crippen molar-refractivity contribution in [1.82, 2.24) is 0 Å². The smallest absolute Gasteiger partial charge is 0.166 e. The topological polar surface area (TPSA) is 27.7 Å². The van der Waals surface area contributed by atoms with E-state index in [-0.39, 0.29) is 0 Å². The van der Waals surface area contributed by atoms with E-state index in [1.807, 2.05) is 30.3 Å². The van der Waals surface area contributed by atoms with Crippen LogP contribution >= 0.6 is 16.3 Å². The molecule has 0 aliphatic carbocycles. The lowest BCUT2D eigenvalue weighted by Gasteiger charge is -2.05. The van der Waals surface area contributed by atoms with Gasteiger partial charge < -0.3 is 9.62 Å². The van der Waals surface area contributed by atoms with Crippen molar-refractivity contribution in [2.45, 2.75) is 0 Å². The highest BCUT2D eigenvalue weighted by Gasteiger charge is 1.98. The number of benzene rings is 2. The Kier molecular flexibility index (Phi) is 3.80. The first-order valence-electron chi connectivity index (χ1n) is 4.67. The van der Waals surface area contributed by atoms with Gasteiger partial charge in [-0.25, -0.2) is 0 Å². The van der Waals surface area contributed by atoms with Crippen LogP contribution in [-0.2, 0) is 3.98 Å². The highest BCUT2D eigenvalue weighted by molar-refractivity contribution is 9.05. The predicted molar refractivity (Wildman–Crippen MR) is 63.6 cm³/mol. The normalized spacial score (nSPS) is 9.81. The minimum atomic E-state index is 0.595. The quantitative estimate of drug-likeness (QED) is 0.623. The van der Waals surface area contributed by atoms with Crippen LogP contribution in [0.1, 0.15) is 0 Å². The maximum Gasteiger partial charge on any atom is 0.166 e. The van der Waals surface area contributed by atoms with Gasteiger partial charge in [-0.3, -0.25) is 0 Å². The number of rotatable bonds is 4. The molecular formula is C12H9BrO3. The summed E-state index contributed by atoms with van der Waals surface area (Å²) in [6.45, 7) is 0. The van der Waals surface area contributed by atoms with Crippen LogP contribution in [0.3, 0.4) is 0 Å². The molecule has 0 bridgehead atoms. The third kappa shape index (κ3) is 2.98. The Morgan fingerprint density at radius 3 is 1.88 bits per heavy atom. The second kappa shape index (κ2) is 5.53. The SMILES string of the molecule is BrOOc1ccc(Oc2ccccc2)cc1. The number of halogens is 1. The molecule has 0 atom stereocenters. The van der Waals surface area contributed by atoms with E-state index in [2.05, 4.69) is 20.2 Å². The molecule has 2 rings (SSSR count). The summed E-state index contributed by atoms with van der Waals surface area (Å²) in [5.74, 6) is 2.14. The minimum Gasteiger partial charge on any atom is -0.457 e. The molecule has 0 saturated heterocycles. The number of hydrogen-bond donors (Lipinski definition) is 0. The van der Waals surface area contributed by atoms with Crippen LogP contribution in [-0.4, -0.2) is 0 Å². The first kappa shape index (κ1) is 11.0. The molecule has 3 nitrogen and oxygen atoms in total. The van der Waals surface area contributed by atoms with Gasteiger partial charge >= 0.3 is 0 Å². The number of ether oxygens (including phenoxy) is 1. The molecule has 0 aromatic heterocycles. The summed E-state index contributed by atoms with van der Waals surface area (Å²) in [5.41, 5.74) is 0. The minimum absolute atomic E-state index is 0.595. The van der Waals surface area contributed by atoms with Gasteiger partial charge in [0.05, 0.1) is 0 Å². The summed E-state index contributed by atoms with van der Waals surface area (Å²) in [7, 11) is 0. The van der Waals surface area contributed by atoms with Crippen molar-refractivity contribution in [3.8, 4) is 17.2 Å². The van der Waals surface area contributed by atoms with Gasteiger partial charge in [0.25, 0.3) is 0 Å². The Hall–Kier alpha value is -1.52. The van der Waals surface area contributed by atoms with Crippen molar-refractivity contribution in [3.63, 3.8) is 0 Å². The van der Waals surface area contributed by atoms with Crippen LogP contribution in [0.25, 0.3) is 0 Å². The van der Waals surface area contributed by atoms with Crippen molar-refractivity contribution in [3.05, 3.63) is 54.6 Å². The van der Waals surface area contributed by atoms with Gasteiger partial charge in [-0.2, -0.15) is 0 Å². The first-order valence-corrected chi connectivity index (χ1v) is 5.31. The Labute approximate surface area is 102 Å². The molecule has 0 heterocycles. The lowest BCUT2D eigenvalue weighted by atomic mass is 10.3. The summed E-state index contributed by atoms with van der Waals surface area (Å²) in [4.78, 5) is 4.77. The molecule has 0 aliphatic heterocycles. The molecule has 0 N–H and O–H groups in total. The lowest BCUT2D eigenvalue weighted by Crippen LogP contribution is -1.86. The molecule has 0 spiro atoms. The van der Waals surface area contributed by atoms with Crippen molar-refractivity contribution < 1.29 is 13.6 Å². The van der Waals surface area contributed by atoms with Crippen molar-refractivity contribution in [2.24, 2.45) is 0 Å². The third-order valence-corrected chi connectivity index (χ3v) is 2.06. The van der Waals surface area contributed by atoms with Crippen LogP contribution in [0.4, 0.5) is 0 Å². The molecule has 0 radical (unpaired) electrons. The van der Waals surface area contributed by atoms with E-state index in [1.54, 1.807) is 24.3 Å². The van der Waals surface area contributed by atoms with Crippen LogP contribution in [0, 0.1) is 0 Å². The predicted octanol–water partition coefficient (Wildman–Crippen LogP) is 4.10. The molecule has 0 amide bonds. The van der Waals surface area contributed by atoms with E-state index in [0.29, 0.717) is 5.75 Å². The zero-order chi connectivity index (χ0) is 11.2. The van der Waals surface area contributed by atoms with Crippen LogP contribution in [0.2, 0.25) is 0 Å². The Morgan fingerprint density at radius 1 is 0.688 bits per heavy atom. The molecule has 2 aromatic rings. The fraction of sp³-hybridized carbons (Fsp3) is 0. The monoisotopic (exact) mass is 280 g/mol. The zero-order valence-corrected chi connectivity index (χ0v) is 9.88. The first-order chi connectivity index (χ1) is 7.88. The van der Waals surface area contributed by atoms with Gasteiger partial charge in [0.15, 0.2) is 22.0 Å². The van der Waals surface area contributed by atoms with Gasteiger partial charge in [-0.1, -0.05) is 18.2 Å². The van der Waals surface area contributed by atoms with E-state index in [1.165, 1.54) is 0 Å². The highest BCUT2D eigenvalue weighted by atomic mass is 79.9. The van der Waals surface area contributed by atoms with Crippen molar-refractivity contribution >= 4 is 16.3 Å². The zero-order valence-electron chi connectivity index (χ0n) is 8.30. The Balaban J connectivity index is 2.05. The summed E-state index contributed by atoms with van der Waals surface area (Å²) in [5, 5.41) is 0. The fourth-order valence-corrected chi connectivity index (χ4v) is 1.38. The Morgan fingerprint density at radius 2 is 1.25 bits per heavy atom. The summed E-state index contributed by atoms with van der Waals surface area (Å²) in [6, 6.07) is 16.7. The van der Waals surface area contributed by atoms with Gasteiger partial charge in [0.2, 0.25) is 0 Å². The van der Waals surface area contributed by atoms with Crippen LogP contribution < -0.4 is 9.62 Å². The van der Waals surface area contributed by atoms with E-state index < -0.39 is 0 Å². The molecule has 0 aliphatic rings. The molecule has 82 valence electrons. The molecule has 4 heteroatoms. The summed E-state index contributed by atoms with van der Waals surface area (Å²) >= 11 is 2.70. The maximum atomic E-state index is 5.60. The van der Waals surface area contributed by atoms with Gasteiger partial charge in [-0.05, 0) is 36.4 Å². The highest BCUT2D eigenvalue weighted by Crippen LogP contribution is 2.23. The van der Waals surface area contributed by atoms with Crippen molar-refractivity contribution in [1.29, 1.82) is 0 Å². The molecule has 0 fully saturated rings. The Bertz CT molecular complexity index is 428. The van der Waals surface area contributed by atoms with Gasteiger partial charge in [-0.15, -0.1) is 3.98 Å². The maximum absolute atomic E-state index is 5.60. The molecule has 0 unspecified atom stereocenters. The van der Waals surface area contributed by atoms with Gasteiger partial charge in [0, 0.05) is 0 Å². The van der Waals surface area contributed by atoms with E-state index in [9.17, 15) is 0 Å². The van der Waals surface area contributed by atoms with E-state index in [4.69, 9.17) is 9.62 Å². The van der Waals surface area contributed by atoms with Crippen LogP contribution in [0.15, 0.2) is 54.6 Å². The lowest BCUT2D eigenvalue weighted by molar-refractivity contribution is -0.0653. The largest absolute Gasteiger partial charge is 0.457 e. The second-order valence-corrected chi connectivity index (χ2v) is 3.30. The van der Waals surface area contributed by atoms with Crippen LogP contribution in [0.5, 0.6) is 17.2 Å².